The lowest BCUT2D eigenvalue weighted by atomic mass is 9.96. The number of carbonyl (C=O) groups excluding carboxylic acids is 5. The Morgan fingerprint density at radius 1 is 0.846 bits per heavy atom. The zero-order chi connectivity index (χ0) is 39.1. The Morgan fingerprint density at radius 3 is 2.00 bits per heavy atom. The molecule has 2 aromatic rings. The monoisotopic (exact) mass is 731 g/mol. The first-order valence-electron chi connectivity index (χ1n) is 17.9. The van der Waals surface area contributed by atoms with Gasteiger partial charge in [-0.15, -0.1) is 0 Å². The molecule has 5 amide bonds. The lowest BCUT2D eigenvalue weighted by molar-refractivity contribution is -0.605. The van der Waals surface area contributed by atoms with E-state index in [9.17, 15) is 38.0 Å². The average molecular weight is 732 g/mol. The number of hydrogen-bond donors (Lipinski definition) is 5. The van der Waals surface area contributed by atoms with Gasteiger partial charge in [-0.1, -0.05) is 47.5 Å². The average Bonchev–Trinajstić information content (AvgIpc) is 3.09. The van der Waals surface area contributed by atoms with Crippen molar-refractivity contribution >= 4 is 29.5 Å². The van der Waals surface area contributed by atoms with E-state index in [1.54, 1.807) is 20.8 Å². The number of halogens is 2. The third-order valence-corrected chi connectivity index (χ3v) is 8.92. The molecular formula is C37H55F2N7O6. The molecule has 0 radical (unpaired) electrons. The summed E-state index contributed by atoms with van der Waals surface area (Å²) in [5, 5.41) is 25.7. The molecule has 15 heteroatoms. The van der Waals surface area contributed by atoms with Gasteiger partial charge in [0.2, 0.25) is 23.6 Å². The summed E-state index contributed by atoms with van der Waals surface area (Å²) in [7, 11) is 1.48. The van der Waals surface area contributed by atoms with Gasteiger partial charge in [0.15, 0.2) is 12.4 Å². The van der Waals surface area contributed by atoms with Gasteiger partial charge >= 0.3 is 0 Å². The van der Waals surface area contributed by atoms with Crippen LogP contribution in [-0.2, 0) is 25.6 Å². The van der Waals surface area contributed by atoms with Crippen molar-refractivity contribution < 1.29 is 37.5 Å². The Labute approximate surface area is 305 Å². The smallest absolute Gasteiger partial charge is 0.252 e. The number of pyridine rings is 1. The largest absolute Gasteiger partial charge is 0.619 e. The van der Waals surface area contributed by atoms with Crippen LogP contribution in [0.5, 0.6) is 0 Å². The molecule has 1 aromatic heterocycles. The summed E-state index contributed by atoms with van der Waals surface area (Å²) in [5.74, 6) is -4.44. The molecule has 1 heterocycles. The van der Waals surface area contributed by atoms with Crippen molar-refractivity contribution in [3.8, 4) is 0 Å². The third-order valence-electron chi connectivity index (χ3n) is 8.92. The van der Waals surface area contributed by atoms with Gasteiger partial charge in [0, 0.05) is 44.4 Å². The van der Waals surface area contributed by atoms with Gasteiger partial charge in [-0.25, -0.2) is 8.78 Å². The molecule has 0 aliphatic carbocycles. The fraction of sp³-hybridized carbons (Fsp3) is 0.568. The highest BCUT2D eigenvalue weighted by Crippen LogP contribution is 2.17. The first-order valence-corrected chi connectivity index (χ1v) is 17.9. The number of hydrogen-bond acceptors (Lipinski definition) is 7. The molecule has 1 aromatic carbocycles. The van der Waals surface area contributed by atoms with Crippen LogP contribution in [0.25, 0.3) is 0 Å². The van der Waals surface area contributed by atoms with Crippen molar-refractivity contribution in [2.75, 3.05) is 20.1 Å². The number of nitrogens with one attached hydrogen (secondary N) is 5. The third kappa shape index (κ3) is 13.1. The van der Waals surface area contributed by atoms with E-state index in [2.05, 4.69) is 26.6 Å². The normalized spacial score (nSPS) is 14.7. The van der Waals surface area contributed by atoms with E-state index in [-0.39, 0.29) is 48.3 Å². The van der Waals surface area contributed by atoms with E-state index in [4.69, 9.17) is 0 Å². The summed E-state index contributed by atoms with van der Waals surface area (Å²) in [6.07, 6.45) is 3.66. The van der Waals surface area contributed by atoms with Gasteiger partial charge in [-0.05, 0) is 56.2 Å². The molecule has 2 rings (SSSR count). The molecule has 288 valence electrons. The second-order valence-electron chi connectivity index (χ2n) is 13.5. The molecule has 52 heavy (non-hydrogen) atoms. The number of nitrogens with zero attached hydrogens (tertiary/aromatic N) is 2. The van der Waals surface area contributed by atoms with E-state index in [1.165, 1.54) is 36.5 Å². The molecule has 0 fully saturated rings. The molecule has 0 saturated heterocycles. The lowest BCUT2D eigenvalue weighted by Gasteiger charge is -2.34. The highest BCUT2D eigenvalue weighted by Gasteiger charge is 2.35. The summed E-state index contributed by atoms with van der Waals surface area (Å²) in [5.41, 5.74) is 0.451. The molecular weight excluding hydrogens is 676 g/mol. The van der Waals surface area contributed by atoms with Crippen LogP contribution in [0.2, 0.25) is 0 Å². The Hall–Kier alpha value is -4.66. The van der Waals surface area contributed by atoms with Crippen LogP contribution in [0.1, 0.15) is 83.7 Å². The molecule has 13 nitrogen and oxygen atoms in total. The first kappa shape index (κ1) is 43.5. The van der Waals surface area contributed by atoms with Gasteiger partial charge in [-0.2, -0.15) is 4.73 Å². The van der Waals surface area contributed by atoms with Gasteiger partial charge in [-0.3, -0.25) is 24.0 Å². The quantitative estimate of drug-likeness (QED) is 0.103. The van der Waals surface area contributed by atoms with Crippen LogP contribution in [-0.4, -0.2) is 84.8 Å². The van der Waals surface area contributed by atoms with Crippen LogP contribution in [0.3, 0.4) is 0 Å². The maximum absolute atomic E-state index is 14.2. The topological polar surface area (TPSA) is 176 Å². The SMILES string of the molecule is CCC[C@@H](C(=O)N[C@H](CN[C@@H](C)C(=O)N[C@H](C(=O)NCC)C(C)C)Cc1cc(F)cc(F)c1)N(C)C(=O)[C@@H](NC(=O)c1cc[n+]([O-])cc1)[C@@H](C)CC. The number of benzene rings is 1. The molecule has 0 aliphatic rings. The minimum absolute atomic E-state index is 0.00550. The van der Waals surface area contributed by atoms with Crippen LogP contribution < -0.4 is 31.3 Å². The summed E-state index contributed by atoms with van der Waals surface area (Å²) in [6.45, 7) is 12.9. The summed E-state index contributed by atoms with van der Waals surface area (Å²) < 4.78 is 28.9. The highest BCUT2D eigenvalue weighted by atomic mass is 19.1. The minimum Gasteiger partial charge on any atom is -0.619 e. The molecule has 0 saturated carbocycles. The van der Waals surface area contributed by atoms with Gasteiger partial charge in [0.1, 0.15) is 29.8 Å². The number of amides is 5. The van der Waals surface area contributed by atoms with Crippen molar-refractivity contribution in [3.05, 3.63) is 70.7 Å². The molecule has 0 aliphatic heterocycles. The van der Waals surface area contributed by atoms with Crippen molar-refractivity contribution in [2.45, 2.75) is 104 Å². The van der Waals surface area contributed by atoms with E-state index in [1.807, 2.05) is 27.7 Å². The predicted octanol–water partition coefficient (Wildman–Crippen LogP) is 2.35. The Balaban J connectivity index is 2.31. The van der Waals surface area contributed by atoms with Gasteiger partial charge < -0.3 is 36.7 Å². The van der Waals surface area contributed by atoms with E-state index in [0.29, 0.717) is 24.1 Å². The predicted molar refractivity (Wildman–Crippen MR) is 192 cm³/mol. The molecule has 5 N–H and O–H groups in total. The van der Waals surface area contributed by atoms with Crippen molar-refractivity contribution in [1.82, 2.24) is 31.5 Å². The molecule has 6 atom stereocenters. The van der Waals surface area contributed by atoms with Crippen LogP contribution >= 0.6 is 0 Å². The summed E-state index contributed by atoms with van der Waals surface area (Å²) in [4.78, 5) is 67.9. The second kappa shape index (κ2) is 21.0. The van der Waals surface area contributed by atoms with E-state index < -0.39 is 65.5 Å². The van der Waals surface area contributed by atoms with E-state index >= 15 is 0 Å². The van der Waals surface area contributed by atoms with Crippen molar-refractivity contribution in [2.24, 2.45) is 11.8 Å². The number of rotatable bonds is 20. The Bertz CT molecular complexity index is 1490. The van der Waals surface area contributed by atoms with Gasteiger partial charge in [0.05, 0.1) is 11.6 Å². The standard InChI is InChI=1S/C37H55F2N7O6/c1-9-12-30(45(8)37(51)32(23(6)10-2)44-34(48)26-13-15-46(52)16-14-26)35(49)42-29(19-25-17-27(38)20-28(39)18-25)21-41-24(7)33(47)43-31(22(4)5)36(50)40-11-3/h13-18,20,22-24,29-32,41H,9-12,19,21H2,1-8H3,(H,40,50)(H,42,49)(H,43,47)(H,44,48)/t23-,24-,29-,30-,31-,32-/m0/s1. The Kier molecular flexibility index (Phi) is 17.6. The van der Waals surface area contributed by atoms with Crippen LogP contribution in [0, 0.1) is 28.7 Å². The maximum Gasteiger partial charge on any atom is 0.252 e. The zero-order valence-corrected chi connectivity index (χ0v) is 31.4. The second-order valence-corrected chi connectivity index (χ2v) is 13.5. The van der Waals surface area contributed by atoms with Crippen LogP contribution in [0.15, 0.2) is 42.7 Å². The number of aromatic nitrogens is 1. The lowest BCUT2D eigenvalue weighted by Crippen LogP contribution is -2.58. The molecule has 0 spiro atoms. The fourth-order valence-electron chi connectivity index (χ4n) is 5.61. The minimum atomic E-state index is -0.990. The molecule has 0 unspecified atom stereocenters. The summed E-state index contributed by atoms with van der Waals surface area (Å²) >= 11 is 0. The fourth-order valence-corrected chi connectivity index (χ4v) is 5.61. The molecule has 0 bridgehead atoms. The zero-order valence-electron chi connectivity index (χ0n) is 31.4. The van der Waals surface area contributed by atoms with Crippen molar-refractivity contribution in [3.63, 3.8) is 0 Å². The van der Waals surface area contributed by atoms with Gasteiger partial charge in [0.25, 0.3) is 5.91 Å². The summed E-state index contributed by atoms with van der Waals surface area (Å²) in [6, 6.07) is 1.37. The van der Waals surface area contributed by atoms with Crippen molar-refractivity contribution in [1.29, 1.82) is 0 Å². The number of carbonyl (C=O) groups is 5. The maximum atomic E-state index is 14.2. The first-order chi connectivity index (χ1) is 24.5. The number of likely N-dealkylation sites (N-methyl/N-ethyl adjacent to an activating group) is 2. The van der Waals surface area contributed by atoms with Crippen LogP contribution in [0.4, 0.5) is 8.78 Å². The Morgan fingerprint density at radius 2 is 1.46 bits per heavy atom. The highest BCUT2D eigenvalue weighted by molar-refractivity contribution is 5.98. The van der Waals surface area contributed by atoms with E-state index in [0.717, 1.165) is 18.2 Å².